The zero-order valence-electron chi connectivity index (χ0n) is 18.2. The summed E-state index contributed by atoms with van der Waals surface area (Å²) in [4.78, 5) is 18.2. The van der Waals surface area contributed by atoms with E-state index in [1.54, 1.807) is 22.9 Å². The van der Waals surface area contributed by atoms with E-state index in [0.29, 0.717) is 16.3 Å². The SMILES string of the molecule is N=C[C@H](CC1CC(F)(F)C1)C(=O)N1C[C@H](F)CC1C(O)NCc1cc(Cl)ccc1-n1cncn1. The molecular weight excluding hydrogens is 473 g/mol. The van der Waals surface area contributed by atoms with Crippen LogP contribution in [0.15, 0.2) is 30.9 Å². The number of amides is 1. The van der Waals surface area contributed by atoms with Crippen molar-refractivity contribution < 1.29 is 23.1 Å². The lowest BCUT2D eigenvalue weighted by Crippen LogP contribution is -2.51. The molecule has 2 fully saturated rings. The number of aliphatic hydroxyl groups is 1. The van der Waals surface area contributed by atoms with Crippen molar-refractivity contribution in [1.82, 2.24) is 25.0 Å². The van der Waals surface area contributed by atoms with Crippen LogP contribution in [0.5, 0.6) is 0 Å². The van der Waals surface area contributed by atoms with E-state index in [9.17, 15) is 23.1 Å². The molecular formula is C22H26ClF3N6O2. The summed E-state index contributed by atoms with van der Waals surface area (Å²) < 4.78 is 42.2. The summed E-state index contributed by atoms with van der Waals surface area (Å²) in [7, 11) is 0. The van der Waals surface area contributed by atoms with E-state index >= 15 is 0 Å². The van der Waals surface area contributed by atoms with Gasteiger partial charge < -0.3 is 15.4 Å². The van der Waals surface area contributed by atoms with Crippen molar-refractivity contribution in [2.75, 3.05) is 6.54 Å². The van der Waals surface area contributed by atoms with E-state index in [2.05, 4.69) is 15.4 Å². The lowest BCUT2D eigenvalue weighted by atomic mass is 9.76. The highest BCUT2D eigenvalue weighted by Gasteiger charge is 2.47. The maximum atomic E-state index is 14.3. The van der Waals surface area contributed by atoms with Crippen LogP contribution in [-0.4, -0.2) is 67.8 Å². The van der Waals surface area contributed by atoms with Crippen LogP contribution in [0.3, 0.4) is 0 Å². The monoisotopic (exact) mass is 498 g/mol. The predicted octanol–water partition coefficient (Wildman–Crippen LogP) is 2.97. The highest BCUT2D eigenvalue weighted by Crippen LogP contribution is 2.45. The number of carbonyl (C=O) groups excluding carboxylic acids is 1. The molecule has 0 radical (unpaired) electrons. The summed E-state index contributed by atoms with van der Waals surface area (Å²) in [6.07, 6.45) is 0.669. The van der Waals surface area contributed by atoms with Crippen molar-refractivity contribution in [3.05, 3.63) is 41.4 Å². The molecule has 1 aliphatic heterocycles. The highest BCUT2D eigenvalue weighted by molar-refractivity contribution is 6.30. The topological polar surface area (TPSA) is 107 Å². The number of alkyl halides is 3. The van der Waals surface area contributed by atoms with Crippen LogP contribution in [0.2, 0.25) is 5.02 Å². The van der Waals surface area contributed by atoms with Crippen LogP contribution in [-0.2, 0) is 11.3 Å². The normalized spacial score (nSPS) is 24.0. The predicted molar refractivity (Wildman–Crippen MR) is 119 cm³/mol. The van der Waals surface area contributed by atoms with Gasteiger partial charge in [0.1, 0.15) is 25.1 Å². The van der Waals surface area contributed by atoms with Gasteiger partial charge in [-0.05, 0) is 36.1 Å². The van der Waals surface area contributed by atoms with Gasteiger partial charge in [-0.3, -0.25) is 10.1 Å². The van der Waals surface area contributed by atoms with Crippen LogP contribution in [0.25, 0.3) is 5.69 Å². The molecule has 4 atom stereocenters. The second kappa shape index (κ2) is 10.0. The molecule has 2 aliphatic rings. The number of nitrogens with zero attached hydrogens (tertiary/aromatic N) is 4. The summed E-state index contributed by atoms with van der Waals surface area (Å²) in [6, 6.07) is 4.29. The maximum absolute atomic E-state index is 14.3. The van der Waals surface area contributed by atoms with Gasteiger partial charge in [-0.25, -0.2) is 22.8 Å². The number of hydrogen-bond acceptors (Lipinski definition) is 6. The first-order valence-corrected chi connectivity index (χ1v) is 11.4. The van der Waals surface area contributed by atoms with Gasteiger partial charge in [-0.2, -0.15) is 5.10 Å². The third-order valence-electron chi connectivity index (χ3n) is 6.43. The smallest absolute Gasteiger partial charge is 0.248 e. The number of likely N-dealkylation sites (tertiary alicyclic amines) is 1. The molecule has 3 N–H and O–H groups in total. The van der Waals surface area contributed by atoms with Crippen LogP contribution in [0.1, 0.15) is 31.2 Å². The molecule has 0 spiro atoms. The van der Waals surface area contributed by atoms with E-state index in [1.807, 2.05) is 0 Å². The number of aliphatic hydroxyl groups excluding tert-OH is 1. The lowest BCUT2D eigenvalue weighted by Gasteiger charge is -2.37. The first-order valence-electron chi connectivity index (χ1n) is 11.0. The third-order valence-corrected chi connectivity index (χ3v) is 6.66. The fourth-order valence-corrected chi connectivity index (χ4v) is 4.93. The number of benzene rings is 1. The first kappa shape index (κ1) is 24.6. The quantitative estimate of drug-likeness (QED) is 0.364. The molecule has 184 valence electrons. The second-order valence-electron chi connectivity index (χ2n) is 8.97. The minimum absolute atomic E-state index is 0.0718. The average molecular weight is 499 g/mol. The Balaban J connectivity index is 1.42. The zero-order valence-corrected chi connectivity index (χ0v) is 19.0. The molecule has 8 nitrogen and oxygen atoms in total. The van der Waals surface area contributed by atoms with Gasteiger partial charge in [0.2, 0.25) is 11.8 Å². The van der Waals surface area contributed by atoms with Crippen LogP contribution in [0, 0.1) is 17.2 Å². The largest absolute Gasteiger partial charge is 0.376 e. The van der Waals surface area contributed by atoms with E-state index in [1.165, 1.54) is 17.6 Å². The molecule has 2 heterocycles. The Labute approximate surface area is 199 Å². The Hall–Kier alpha value is -2.50. The van der Waals surface area contributed by atoms with Gasteiger partial charge in [0.15, 0.2) is 0 Å². The molecule has 1 saturated carbocycles. The van der Waals surface area contributed by atoms with Gasteiger partial charge in [0, 0.05) is 37.0 Å². The molecule has 0 bridgehead atoms. The number of carbonyl (C=O) groups is 1. The van der Waals surface area contributed by atoms with Crippen molar-refractivity contribution >= 4 is 23.7 Å². The Kier molecular flexibility index (Phi) is 7.25. The summed E-state index contributed by atoms with van der Waals surface area (Å²) in [6.45, 7) is -0.0632. The Bertz CT molecular complexity index is 1020. The maximum Gasteiger partial charge on any atom is 0.248 e. The summed E-state index contributed by atoms with van der Waals surface area (Å²) in [5.41, 5.74) is 1.39. The van der Waals surface area contributed by atoms with Gasteiger partial charge in [-0.1, -0.05) is 11.6 Å². The van der Waals surface area contributed by atoms with Crippen molar-refractivity contribution in [3.63, 3.8) is 0 Å². The van der Waals surface area contributed by atoms with Crippen LogP contribution < -0.4 is 5.32 Å². The van der Waals surface area contributed by atoms with Gasteiger partial charge in [0.25, 0.3) is 0 Å². The van der Waals surface area contributed by atoms with Gasteiger partial charge in [0.05, 0.1) is 24.2 Å². The first-order chi connectivity index (χ1) is 16.2. The zero-order chi connectivity index (χ0) is 24.5. The molecule has 1 aromatic heterocycles. The Morgan fingerprint density at radius 2 is 2.18 bits per heavy atom. The summed E-state index contributed by atoms with van der Waals surface area (Å²) >= 11 is 6.12. The molecule has 1 saturated heterocycles. The Morgan fingerprint density at radius 3 is 2.82 bits per heavy atom. The summed E-state index contributed by atoms with van der Waals surface area (Å²) in [5, 5.41) is 25.9. The molecule has 12 heteroatoms. The van der Waals surface area contributed by atoms with Crippen molar-refractivity contribution in [2.45, 2.75) is 56.6 Å². The Morgan fingerprint density at radius 1 is 1.41 bits per heavy atom. The molecule has 4 rings (SSSR count). The average Bonchev–Trinajstić information content (AvgIpc) is 3.44. The van der Waals surface area contributed by atoms with Crippen LogP contribution >= 0.6 is 11.6 Å². The molecule has 1 amide bonds. The van der Waals surface area contributed by atoms with Crippen molar-refractivity contribution in [1.29, 1.82) is 5.41 Å². The van der Waals surface area contributed by atoms with Crippen LogP contribution in [0.4, 0.5) is 13.2 Å². The molecule has 1 aliphatic carbocycles. The van der Waals surface area contributed by atoms with Gasteiger partial charge in [-0.15, -0.1) is 0 Å². The molecule has 2 aromatic rings. The lowest BCUT2D eigenvalue weighted by molar-refractivity contribution is -0.141. The fraction of sp³-hybridized carbons (Fsp3) is 0.545. The van der Waals surface area contributed by atoms with E-state index in [-0.39, 0.29) is 44.7 Å². The number of rotatable bonds is 9. The second-order valence-corrected chi connectivity index (χ2v) is 9.41. The number of halogens is 4. The summed E-state index contributed by atoms with van der Waals surface area (Å²) in [5.74, 6) is -4.52. The standard InChI is InChI=1S/C22H26ClF3N6O2/c23-16-1-2-18(32-12-28-11-30-32)15(4-16)9-29-20(33)19-5-17(24)10-31(19)21(34)14(8-27)3-13-6-22(25,26)7-13/h1-2,4,8,11-14,17,19-20,27,29,33H,3,5-7,9-10H2/t14-,17+,19?,20?/m0/s1. The van der Waals surface area contributed by atoms with E-state index in [4.69, 9.17) is 17.0 Å². The molecule has 2 unspecified atom stereocenters. The van der Waals surface area contributed by atoms with Gasteiger partial charge >= 0.3 is 0 Å². The number of aromatic nitrogens is 3. The van der Waals surface area contributed by atoms with E-state index in [0.717, 1.165) is 6.21 Å². The fourth-order valence-electron chi connectivity index (χ4n) is 4.73. The minimum Gasteiger partial charge on any atom is -0.376 e. The highest BCUT2D eigenvalue weighted by atomic mass is 35.5. The third kappa shape index (κ3) is 5.42. The molecule has 1 aromatic carbocycles. The minimum atomic E-state index is -2.72. The van der Waals surface area contributed by atoms with E-state index < -0.39 is 36.2 Å². The number of nitrogens with one attached hydrogen (secondary N) is 2. The van der Waals surface area contributed by atoms with Crippen molar-refractivity contribution in [3.8, 4) is 5.69 Å². The molecule has 34 heavy (non-hydrogen) atoms. The van der Waals surface area contributed by atoms with Crippen molar-refractivity contribution in [2.24, 2.45) is 11.8 Å². The number of hydrogen-bond donors (Lipinski definition) is 3.